The van der Waals surface area contributed by atoms with Crippen molar-refractivity contribution in [2.24, 2.45) is 11.7 Å². The van der Waals surface area contributed by atoms with E-state index in [1.807, 2.05) is 20.8 Å². The first-order valence-corrected chi connectivity index (χ1v) is 4.38. The Morgan fingerprint density at radius 2 is 2.00 bits per heavy atom. The molecule has 70 valence electrons. The normalized spacial score (nSPS) is 20.3. The van der Waals surface area contributed by atoms with Gasteiger partial charge < -0.3 is 10.5 Å². The largest absolute Gasteiger partial charge is 0.459 e. The van der Waals surface area contributed by atoms with Crippen LogP contribution >= 0.6 is 0 Å². The summed E-state index contributed by atoms with van der Waals surface area (Å²) in [6.45, 7) is 5.56. The molecule has 12 heavy (non-hydrogen) atoms. The molecule has 3 nitrogen and oxygen atoms in total. The fourth-order valence-electron chi connectivity index (χ4n) is 1.02. The highest BCUT2D eigenvalue weighted by Crippen LogP contribution is 2.32. The van der Waals surface area contributed by atoms with Crippen LogP contribution in [0.5, 0.6) is 0 Å². The Morgan fingerprint density at radius 1 is 1.50 bits per heavy atom. The predicted octanol–water partition coefficient (Wildman–Crippen LogP) is 1.07. The van der Waals surface area contributed by atoms with Crippen LogP contribution in [0.1, 0.15) is 33.6 Å². The Bertz CT molecular complexity index is 179. The minimum atomic E-state index is -0.413. The quantitative estimate of drug-likeness (QED) is 0.632. The van der Waals surface area contributed by atoms with Crippen molar-refractivity contribution in [3.05, 3.63) is 0 Å². The van der Waals surface area contributed by atoms with Crippen molar-refractivity contribution in [3.8, 4) is 0 Å². The molecule has 0 amide bonds. The van der Waals surface area contributed by atoms with Crippen LogP contribution in [-0.2, 0) is 9.53 Å². The minimum Gasteiger partial charge on any atom is -0.459 e. The van der Waals surface area contributed by atoms with Crippen LogP contribution < -0.4 is 5.73 Å². The lowest BCUT2D eigenvalue weighted by Crippen LogP contribution is -2.38. The molecule has 1 fully saturated rings. The van der Waals surface area contributed by atoms with E-state index in [0.717, 1.165) is 12.8 Å². The van der Waals surface area contributed by atoms with Gasteiger partial charge in [-0.1, -0.05) is 0 Å². The summed E-state index contributed by atoms with van der Waals surface area (Å²) in [6.07, 6.45) is 2.14. The fourth-order valence-corrected chi connectivity index (χ4v) is 1.02. The maximum atomic E-state index is 11.3. The summed E-state index contributed by atoms with van der Waals surface area (Å²) in [7, 11) is 0. The van der Waals surface area contributed by atoms with Crippen LogP contribution in [0.25, 0.3) is 0 Å². The third kappa shape index (κ3) is 2.81. The van der Waals surface area contributed by atoms with Crippen molar-refractivity contribution in [2.75, 3.05) is 0 Å². The average Bonchev–Trinajstić information content (AvgIpc) is 2.62. The zero-order valence-corrected chi connectivity index (χ0v) is 7.96. The second kappa shape index (κ2) is 3.05. The Morgan fingerprint density at radius 3 is 2.33 bits per heavy atom. The summed E-state index contributed by atoms with van der Waals surface area (Å²) < 4.78 is 5.14. The fraction of sp³-hybridized carbons (Fsp3) is 0.889. The predicted molar refractivity (Wildman–Crippen MR) is 46.5 cm³/mol. The highest BCUT2D eigenvalue weighted by molar-refractivity contribution is 5.76. The monoisotopic (exact) mass is 171 g/mol. The molecule has 1 aliphatic rings. The number of esters is 1. The molecule has 2 N–H and O–H groups in total. The van der Waals surface area contributed by atoms with Gasteiger partial charge in [0.2, 0.25) is 0 Å². The molecule has 0 bridgehead atoms. The SMILES string of the molecule is CC(C)(C)OC(=O)[C@@H](N)C1CC1. The van der Waals surface area contributed by atoms with Crippen molar-refractivity contribution in [3.63, 3.8) is 0 Å². The molecule has 0 unspecified atom stereocenters. The van der Waals surface area contributed by atoms with Gasteiger partial charge in [0.1, 0.15) is 11.6 Å². The number of rotatable bonds is 2. The van der Waals surface area contributed by atoms with Crippen molar-refractivity contribution in [2.45, 2.75) is 45.3 Å². The van der Waals surface area contributed by atoms with Crippen LogP contribution in [0, 0.1) is 5.92 Å². The molecule has 1 atom stereocenters. The van der Waals surface area contributed by atoms with E-state index in [-0.39, 0.29) is 5.97 Å². The smallest absolute Gasteiger partial charge is 0.323 e. The van der Waals surface area contributed by atoms with E-state index >= 15 is 0 Å². The maximum absolute atomic E-state index is 11.3. The summed E-state index contributed by atoms with van der Waals surface area (Å²) in [4.78, 5) is 11.3. The van der Waals surface area contributed by atoms with Crippen LogP contribution in [0.3, 0.4) is 0 Å². The second-order valence-corrected chi connectivity index (χ2v) is 4.40. The Kier molecular flexibility index (Phi) is 2.42. The van der Waals surface area contributed by atoms with Crippen molar-refractivity contribution in [1.29, 1.82) is 0 Å². The van der Waals surface area contributed by atoms with E-state index in [1.165, 1.54) is 0 Å². The molecular weight excluding hydrogens is 154 g/mol. The standard InChI is InChI=1S/C9H17NO2/c1-9(2,3)12-8(11)7(10)6-4-5-6/h6-7H,4-5,10H2,1-3H3/t7-/m0/s1. The van der Waals surface area contributed by atoms with E-state index in [0.29, 0.717) is 5.92 Å². The number of hydrogen-bond donors (Lipinski definition) is 1. The van der Waals surface area contributed by atoms with Gasteiger partial charge in [-0.2, -0.15) is 0 Å². The first kappa shape index (κ1) is 9.52. The molecule has 0 aromatic rings. The molecule has 0 radical (unpaired) electrons. The molecule has 3 heteroatoms. The zero-order chi connectivity index (χ0) is 9.35. The summed E-state index contributed by atoms with van der Waals surface area (Å²) >= 11 is 0. The van der Waals surface area contributed by atoms with Gasteiger partial charge >= 0.3 is 5.97 Å². The Hall–Kier alpha value is -0.570. The van der Waals surface area contributed by atoms with Crippen LogP contribution in [0.15, 0.2) is 0 Å². The number of hydrogen-bond acceptors (Lipinski definition) is 3. The van der Waals surface area contributed by atoms with Gasteiger partial charge in [-0.3, -0.25) is 4.79 Å². The molecule has 0 aliphatic heterocycles. The topological polar surface area (TPSA) is 52.3 Å². The van der Waals surface area contributed by atoms with E-state index in [9.17, 15) is 4.79 Å². The van der Waals surface area contributed by atoms with E-state index in [2.05, 4.69) is 0 Å². The van der Waals surface area contributed by atoms with Gasteiger partial charge in [-0.05, 0) is 39.5 Å². The lowest BCUT2D eigenvalue weighted by atomic mass is 10.1. The molecule has 1 saturated carbocycles. The highest BCUT2D eigenvalue weighted by Gasteiger charge is 2.35. The van der Waals surface area contributed by atoms with Gasteiger partial charge in [0, 0.05) is 0 Å². The number of nitrogens with two attached hydrogens (primary N) is 1. The third-order valence-corrected chi connectivity index (χ3v) is 1.81. The van der Waals surface area contributed by atoms with Crippen LogP contribution in [0.4, 0.5) is 0 Å². The summed E-state index contributed by atoms with van der Waals surface area (Å²) in [6, 6.07) is -0.399. The average molecular weight is 171 g/mol. The maximum Gasteiger partial charge on any atom is 0.323 e. The lowest BCUT2D eigenvalue weighted by Gasteiger charge is -2.21. The highest BCUT2D eigenvalue weighted by atomic mass is 16.6. The first-order valence-electron chi connectivity index (χ1n) is 4.38. The molecule has 0 aromatic carbocycles. The number of ether oxygens (including phenoxy) is 1. The minimum absolute atomic E-state index is 0.259. The lowest BCUT2D eigenvalue weighted by molar-refractivity contribution is -0.157. The van der Waals surface area contributed by atoms with Crippen molar-refractivity contribution >= 4 is 5.97 Å². The van der Waals surface area contributed by atoms with E-state index in [1.54, 1.807) is 0 Å². The van der Waals surface area contributed by atoms with E-state index < -0.39 is 11.6 Å². The van der Waals surface area contributed by atoms with Crippen LogP contribution in [-0.4, -0.2) is 17.6 Å². The van der Waals surface area contributed by atoms with Crippen molar-refractivity contribution < 1.29 is 9.53 Å². The summed E-state index contributed by atoms with van der Waals surface area (Å²) in [5.74, 6) is 0.116. The molecule has 0 heterocycles. The zero-order valence-electron chi connectivity index (χ0n) is 7.96. The van der Waals surface area contributed by atoms with Crippen molar-refractivity contribution in [1.82, 2.24) is 0 Å². The first-order chi connectivity index (χ1) is 5.40. The summed E-state index contributed by atoms with van der Waals surface area (Å²) in [5.41, 5.74) is 5.24. The van der Waals surface area contributed by atoms with Gasteiger partial charge in [-0.25, -0.2) is 0 Å². The Labute approximate surface area is 73.3 Å². The molecule has 0 saturated heterocycles. The Balaban J connectivity index is 2.36. The van der Waals surface area contributed by atoms with E-state index in [4.69, 9.17) is 10.5 Å². The molecular formula is C9H17NO2. The van der Waals surface area contributed by atoms with Gasteiger partial charge in [0.15, 0.2) is 0 Å². The molecule has 1 rings (SSSR count). The van der Waals surface area contributed by atoms with Gasteiger partial charge in [-0.15, -0.1) is 0 Å². The number of carbonyl (C=O) groups is 1. The second-order valence-electron chi connectivity index (χ2n) is 4.40. The molecule has 0 aromatic heterocycles. The van der Waals surface area contributed by atoms with Crippen LogP contribution in [0.2, 0.25) is 0 Å². The molecule has 0 spiro atoms. The third-order valence-electron chi connectivity index (χ3n) is 1.81. The van der Waals surface area contributed by atoms with Gasteiger partial charge in [0.25, 0.3) is 0 Å². The van der Waals surface area contributed by atoms with Gasteiger partial charge in [0.05, 0.1) is 0 Å². The number of carbonyl (C=O) groups excluding carboxylic acids is 1. The molecule has 1 aliphatic carbocycles. The summed E-state index contributed by atoms with van der Waals surface area (Å²) in [5, 5.41) is 0.